The summed E-state index contributed by atoms with van der Waals surface area (Å²) in [4.78, 5) is 0.958. The minimum Gasteiger partial charge on any atom is -0.383 e. The first-order valence-corrected chi connectivity index (χ1v) is 4.31. The van der Waals surface area contributed by atoms with Crippen LogP contribution in [0.4, 0.5) is 0 Å². The van der Waals surface area contributed by atoms with Crippen molar-refractivity contribution in [3.8, 4) is 0 Å². The Labute approximate surface area is 60.2 Å². The summed E-state index contributed by atoms with van der Waals surface area (Å²) in [6, 6.07) is 0. The monoisotopic (exact) mass is 149 g/mol. The standard InChI is InChI=1S/C5H11NS2/c1-6-5(7)3-4-8-2/h3-4H2,1-2H3,(H,6,7). The van der Waals surface area contributed by atoms with E-state index in [2.05, 4.69) is 11.6 Å². The molecule has 0 aliphatic heterocycles. The van der Waals surface area contributed by atoms with Gasteiger partial charge in [-0.15, -0.1) is 0 Å². The average Bonchev–Trinajstić information content (AvgIpc) is 1.83. The van der Waals surface area contributed by atoms with Crippen LogP contribution < -0.4 is 5.32 Å². The zero-order chi connectivity index (χ0) is 6.41. The van der Waals surface area contributed by atoms with Crippen LogP contribution in [0.2, 0.25) is 0 Å². The van der Waals surface area contributed by atoms with Gasteiger partial charge in [-0.25, -0.2) is 0 Å². The summed E-state index contributed by atoms with van der Waals surface area (Å²) in [7, 11) is 1.86. The third-order valence-corrected chi connectivity index (χ3v) is 1.83. The molecule has 0 bridgehead atoms. The van der Waals surface area contributed by atoms with Crippen molar-refractivity contribution in [3.05, 3.63) is 0 Å². The summed E-state index contributed by atoms with van der Waals surface area (Å²) in [6.07, 6.45) is 3.09. The van der Waals surface area contributed by atoms with Gasteiger partial charge < -0.3 is 5.32 Å². The van der Waals surface area contributed by atoms with Gasteiger partial charge in [0.2, 0.25) is 0 Å². The van der Waals surface area contributed by atoms with Crippen LogP contribution >= 0.6 is 24.0 Å². The molecule has 0 aliphatic rings. The van der Waals surface area contributed by atoms with E-state index in [1.807, 2.05) is 18.8 Å². The molecule has 0 fully saturated rings. The highest BCUT2D eigenvalue weighted by Gasteiger charge is 1.88. The Morgan fingerprint density at radius 1 is 1.75 bits per heavy atom. The summed E-state index contributed by atoms with van der Waals surface area (Å²) < 4.78 is 0. The second-order valence-electron chi connectivity index (χ2n) is 1.42. The molecule has 0 aromatic heterocycles. The highest BCUT2D eigenvalue weighted by atomic mass is 32.2. The van der Waals surface area contributed by atoms with Crippen LogP contribution in [-0.4, -0.2) is 24.0 Å². The summed E-state index contributed by atoms with van der Waals surface area (Å²) in [5.41, 5.74) is 0. The van der Waals surface area contributed by atoms with Crippen molar-refractivity contribution < 1.29 is 0 Å². The largest absolute Gasteiger partial charge is 0.383 e. The summed E-state index contributed by atoms with van der Waals surface area (Å²) in [5, 5.41) is 2.92. The SMILES string of the molecule is CNC(=S)CCSC. The van der Waals surface area contributed by atoms with Crippen LogP contribution in [0.25, 0.3) is 0 Å². The van der Waals surface area contributed by atoms with Gasteiger partial charge in [0.1, 0.15) is 0 Å². The molecule has 48 valence electrons. The fraction of sp³-hybridized carbons (Fsp3) is 0.800. The number of thioether (sulfide) groups is 1. The zero-order valence-corrected chi connectivity index (χ0v) is 6.86. The fourth-order valence-electron chi connectivity index (χ4n) is 0.320. The molecule has 0 amide bonds. The summed E-state index contributed by atoms with van der Waals surface area (Å²) >= 11 is 6.71. The normalized spacial score (nSPS) is 8.75. The first-order valence-electron chi connectivity index (χ1n) is 2.50. The van der Waals surface area contributed by atoms with Crippen molar-refractivity contribution >= 4 is 29.0 Å². The predicted molar refractivity (Wildman–Crippen MR) is 44.7 cm³/mol. The summed E-state index contributed by atoms with van der Waals surface area (Å²) in [6.45, 7) is 0. The number of hydrogen-bond acceptors (Lipinski definition) is 2. The van der Waals surface area contributed by atoms with Gasteiger partial charge in [0.05, 0.1) is 4.99 Å². The van der Waals surface area contributed by atoms with Crippen LogP contribution in [0.1, 0.15) is 6.42 Å². The van der Waals surface area contributed by atoms with E-state index >= 15 is 0 Å². The Bertz CT molecular complexity index is 72.8. The first-order chi connectivity index (χ1) is 3.81. The number of rotatable bonds is 3. The second-order valence-corrected chi connectivity index (χ2v) is 2.89. The van der Waals surface area contributed by atoms with Gasteiger partial charge in [-0.1, -0.05) is 12.2 Å². The van der Waals surface area contributed by atoms with Gasteiger partial charge in [-0.2, -0.15) is 11.8 Å². The summed E-state index contributed by atoms with van der Waals surface area (Å²) in [5.74, 6) is 1.12. The van der Waals surface area contributed by atoms with Gasteiger partial charge >= 0.3 is 0 Å². The minimum absolute atomic E-state index is 0.958. The average molecular weight is 149 g/mol. The fourth-order valence-corrected chi connectivity index (χ4v) is 0.959. The Kier molecular flexibility index (Phi) is 5.54. The van der Waals surface area contributed by atoms with Crippen molar-refractivity contribution in [2.75, 3.05) is 19.1 Å². The van der Waals surface area contributed by atoms with Gasteiger partial charge in [0.25, 0.3) is 0 Å². The third-order valence-electron chi connectivity index (χ3n) is 0.812. The Balaban J connectivity index is 2.99. The number of thiocarbonyl (C=S) groups is 1. The number of hydrogen-bond donors (Lipinski definition) is 1. The van der Waals surface area contributed by atoms with Gasteiger partial charge in [-0.05, 0) is 12.0 Å². The lowest BCUT2D eigenvalue weighted by Gasteiger charge is -1.97. The van der Waals surface area contributed by atoms with E-state index < -0.39 is 0 Å². The van der Waals surface area contributed by atoms with Crippen LogP contribution in [0, 0.1) is 0 Å². The molecule has 0 atom stereocenters. The van der Waals surface area contributed by atoms with E-state index in [4.69, 9.17) is 12.2 Å². The molecule has 0 saturated carbocycles. The highest BCUT2D eigenvalue weighted by Crippen LogP contribution is 1.94. The highest BCUT2D eigenvalue weighted by molar-refractivity contribution is 7.98. The zero-order valence-electron chi connectivity index (χ0n) is 5.23. The quantitative estimate of drug-likeness (QED) is 0.607. The molecule has 0 saturated heterocycles. The van der Waals surface area contributed by atoms with E-state index in [-0.39, 0.29) is 0 Å². The van der Waals surface area contributed by atoms with E-state index in [0.717, 1.165) is 17.2 Å². The molecule has 3 heteroatoms. The lowest BCUT2D eigenvalue weighted by atomic mass is 10.5. The molecule has 0 rings (SSSR count). The second kappa shape index (κ2) is 5.38. The van der Waals surface area contributed by atoms with E-state index in [9.17, 15) is 0 Å². The van der Waals surface area contributed by atoms with E-state index in [1.54, 1.807) is 0 Å². The van der Waals surface area contributed by atoms with Crippen LogP contribution in [0.3, 0.4) is 0 Å². The molecule has 0 heterocycles. The van der Waals surface area contributed by atoms with Crippen LogP contribution in [0.5, 0.6) is 0 Å². The van der Waals surface area contributed by atoms with E-state index in [0.29, 0.717) is 0 Å². The molecule has 8 heavy (non-hydrogen) atoms. The minimum atomic E-state index is 0.958. The van der Waals surface area contributed by atoms with Crippen molar-refractivity contribution in [3.63, 3.8) is 0 Å². The van der Waals surface area contributed by atoms with Crippen molar-refractivity contribution in [1.82, 2.24) is 5.32 Å². The van der Waals surface area contributed by atoms with Crippen molar-refractivity contribution in [1.29, 1.82) is 0 Å². The molecule has 0 radical (unpaired) electrons. The molecule has 0 aliphatic carbocycles. The van der Waals surface area contributed by atoms with Gasteiger partial charge in [0, 0.05) is 13.5 Å². The molecule has 1 N–H and O–H groups in total. The lowest BCUT2D eigenvalue weighted by molar-refractivity contribution is 1.13. The molecular formula is C5H11NS2. The maximum atomic E-state index is 4.90. The molecule has 0 spiro atoms. The van der Waals surface area contributed by atoms with Crippen LogP contribution in [-0.2, 0) is 0 Å². The number of nitrogens with one attached hydrogen (secondary N) is 1. The van der Waals surface area contributed by atoms with Crippen molar-refractivity contribution in [2.24, 2.45) is 0 Å². The molecule has 0 aromatic rings. The molecule has 1 nitrogen and oxygen atoms in total. The Morgan fingerprint density at radius 3 is 2.75 bits per heavy atom. The van der Waals surface area contributed by atoms with E-state index in [1.165, 1.54) is 0 Å². The smallest absolute Gasteiger partial charge is 0.0759 e. The maximum absolute atomic E-state index is 4.90. The lowest BCUT2D eigenvalue weighted by Crippen LogP contribution is -2.15. The van der Waals surface area contributed by atoms with Crippen LogP contribution in [0.15, 0.2) is 0 Å². The topological polar surface area (TPSA) is 12.0 Å². The van der Waals surface area contributed by atoms with Gasteiger partial charge in [-0.3, -0.25) is 0 Å². The first kappa shape index (κ1) is 8.24. The Morgan fingerprint density at radius 2 is 2.38 bits per heavy atom. The van der Waals surface area contributed by atoms with Crippen molar-refractivity contribution in [2.45, 2.75) is 6.42 Å². The Hall–Kier alpha value is 0.240. The van der Waals surface area contributed by atoms with Gasteiger partial charge in [0.15, 0.2) is 0 Å². The molecule has 0 aromatic carbocycles. The molecule has 0 unspecified atom stereocenters. The third kappa shape index (κ3) is 4.40. The maximum Gasteiger partial charge on any atom is 0.0759 e. The molecular weight excluding hydrogens is 138 g/mol. The predicted octanol–water partition coefficient (Wildman–Crippen LogP) is 1.29.